The fraction of sp³-hybridized carbons (Fsp3) is 0.667. The zero-order valence-electron chi connectivity index (χ0n) is 11.0. The summed E-state index contributed by atoms with van der Waals surface area (Å²) in [5.41, 5.74) is 1.01. The second kappa shape index (κ2) is 6.81. The number of sulfonamides is 1. The molecule has 108 valence electrons. The van der Waals surface area contributed by atoms with E-state index in [0.29, 0.717) is 29.8 Å². The molecule has 0 aromatic carbocycles. The number of ether oxygens (including phenoxy) is 1. The number of thiophene rings is 1. The summed E-state index contributed by atoms with van der Waals surface area (Å²) in [6.45, 7) is 5.45. The van der Waals surface area contributed by atoms with Crippen LogP contribution in [0, 0.1) is 5.92 Å². The van der Waals surface area contributed by atoms with Crippen molar-refractivity contribution in [3.8, 4) is 0 Å². The third-order valence-corrected chi connectivity index (χ3v) is 5.97. The van der Waals surface area contributed by atoms with Crippen molar-refractivity contribution in [2.45, 2.75) is 24.1 Å². The quantitative estimate of drug-likeness (QED) is 0.793. The standard InChI is InChI=1S/C12H20N2O3S2/c1-2-13-6-11-5-12(18-9-11)19(15,16)14-7-10-3-4-17-8-10/h5,9-10,13-14H,2-4,6-8H2,1H3. The van der Waals surface area contributed by atoms with Crippen molar-refractivity contribution in [3.63, 3.8) is 0 Å². The van der Waals surface area contributed by atoms with E-state index in [1.165, 1.54) is 11.3 Å². The molecule has 1 atom stereocenters. The first-order valence-corrected chi connectivity index (χ1v) is 8.83. The lowest BCUT2D eigenvalue weighted by Gasteiger charge is -2.08. The highest BCUT2D eigenvalue weighted by atomic mass is 32.2. The SMILES string of the molecule is CCNCc1csc(S(=O)(=O)NCC2CCOC2)c1. The van der Waals surface area contributed by atoms with Gasteiger partial charge >= 0.3 is 0 Å². The van der Waals surface area contributed by atoms with Crippen LogP contribution in [0.4, 0.5) is 0 Å². The van der Waals surface area contributed by atoms with Crippen molar-refractivity contribution < 1.29 is 13.2 Å². The Bertz CT molecular complexity index is 493. The van der Waals surface area contributed by atoms with Crippen LogP contribution in [-0.2, 0) is 21.3 Å². The summed E-state index contributed by atoms with van der Waals surface area (Å²) in [4.78, 5) is 0. The van der Waals surface area contributed by atoms with Crippen LogP contribution in [0.5, 0.6) is 0 Å². The van der Waals surface area contributed by atoms with Crippen molar-refractivity contribution >= 4 is 21.4 Å². The summed E-state index contributed by atoms with van der Waals surface area (Å²) >= 11 is 1.27. The van der Waals surface area contributed by atoms with Gasteiger partial charge in [-0.3, -0.25) is 0 Å². The molecule has 2 heterocycles. The largest absolute Gasteiger partial charge is 0.381 e. The molecule has 2 rings (SSSR count). The molecule has 1 aliphatic rings. The average molecular weight is 304 g/mol. The number of rotatable bonds is 7. The summed E-state index contributed by atoms with van der Waals surface area (Å²) in [5, 5.41) is 5.07. The third kappa shape index (κ3) is 4.25. The molecule has 1 saturated heterocycles. The van der Waals surface area contributed by atoms with Gasteiger partial charge in [0, 0.05) is 19.7 Å². The monoisotopic (exact) mass is 304 g/mol. The maximum Gasteiger partial charge on any atom is 0.250 e. The third-order valence-electron chi connectivity index (χ3n) is 3.06. The van der Waals surface area contributed by atoms with Gasteiger partial charge in [-0.25, -0.2) is 13.1 Å². The predicted molar refractivity (Wildman–Crippen MR) is 75.8 cm³/mol. The van der Waals surface area contributed by atoms with Gasteiger partial charge in [-0.15, -0.1) is 11.3 Å². The minimum atomic E-state index is -3.37. The van der Waals surface area contributed by atoms with Crippen LogP contribution in [0.25, 0.3) is 0 Å². The molecule has 2 N–H and O–H groups in total. The molecule has 1 aromatic rings. The predicted octanol–water partition coefficient (Wildman–Crippen LogP) is 1.17. The summed E-state index contributed by atoms with van der Waals surface area (Å²) in [5.74, 6) is 0.302. The lowest BCUT2D eigenvalue weighted by atomic mass is 10.1. The molecule has 0 aliphatic carbocycles. The number of nitrogens with one attached hydrogen (secondary N) is 2. The highest BCUT2D eigenvalue weighted by Crippen LogP contribution is 2.20. The van der Waals surface area contributed by atoms with E-state index in [-0.39, 0.29) is 0 Å². The molecule has 7 heteroatoms. The van der Waals surface area contributed by atoms with E-state index in [4.69, 9.17) is 4.74 Å². The molecule has 5 nitrogen and oxygen atoms in total. The zero-order valence-corrected chi connectivity index (χ0v) is 12.6. The molecular weight excluding hydrogens is 284 g/mol. The van der Waals surface area contributed by atoms with E-state index >= 15 is 0 Å². The van der Waals surface area contributed by atoms with Gasteiger partial charge in [0.15, 0.2) is 0 Å². The Kier molecular flexibility index (Phi) is 5.35. The zero-order chi connectivity index (χ0) is 13.7. The first-order chi connectivity index (χ1) is 9.12. The minimum Gasteiger partial charge on any atom is -0.381 e. The van der Waals surface area contributed by atoms with Gasteiger partial charge in [0.05, 0.1) is 6.61 Å². The van der Waals surface area contributed by atoms with Gasteiger partial charge < -0.3 is 10.1 Å². The fourth-order valence-corrected chi connectivity index (χ4v) is 4.27. The molecule has 0 saturated carbocycles. The molecule has 0 bridgehead atoms. The van der Waals surface area contributed by atoms with Crippen LogP contribution in [0.15, 0.2) is 15.7 Å². The number of hydrogen-bond acceptors (Lipinski definition) is 5. The Balaban J connectivity index is 1.92. The molecule has 1 aromatic heterocycles. The Hall–Kier alpha value is -0.470. The van der Waals surface area contributed by atoms with Crippen molar-refractivity contribution in [2.75, 3.05) is 26.3 Å². The topological polar surface area (TPSA) is 67.4 Å². The Morgan fingerprint density at radius 3 is 3.05 bits per heavy atom. The lowest BCUT2D eigenvalue weighted by molar-refractivity contribution is 0.186. The summed E-state index contributed by atoms with van der Waals surface area (Å²) in [6.07, 6.45) is 0.929. The van der Waals surface area contributed by atoms with Crippen molar-refractivity contribution in [1.82, 2.24) is 10.0 Å². The van der Waals surface area contributed by atoms with Gasteiger partial charge in [-0.2, -0.15) is 0 Å². The van der Waals surface area contributed by atoms with Crippen LogP contribution in [0.2, 0.25) is 0 Å². The van der Waals surface area contributed by atoms with Gasteiger partial charge in [-0.1, -0.05) is 6.92 Å². The second-order valence-electron chi connectivity index (χ2n) is 4.64. The molecule has 0 radical (unpaired) electrons. The van der Waals surface area contributed by atoms with E-state index in [1.807, 2.05) is 12.3 Å². The summed E-state index contributed by atoms with van der Waals surface area (Å²) in [7, 11) is -3.37. The van der Waals surface area contributed by atoms with E-state index in [0.717, 1.165) is 25.1 Å². The average Bonchev–Trinajstić information content (AvgIpc) is 3.05. The highest BCUT2D eigenvalue weighted by Gasteiger charge is 2.21. The van der Waals surface area contributed by atoms with E-state index < -0.39 is 10.0 Å². The van der Waals surface area contributed by atoms with Crippen molar-refractivity contribution in [3.05, 3.63) is 17.0 Å². The maximum atomic E-state index is 12.1. The second-order valence-corrected chi connectivity index (χ2v) is 7.54. The van der Waals surface area contributed by atoms with E-state index in [2.05, 4.69) is 10.0 Å². The first kappa shape index (κ1) is 14.9. The minimum absolute atomic E-state index is 0.302. The molecule has 1 unspecified atom stereocenters. The van der Waals surface area contributed by atoms with Gasteiger partial charge in [-0.05, 0) is 35.9 Å². The number of hydrogen-bond donors (Lipinski definition) is 2. The summed E-state index contributed by atoms with van der Waals surface area (Å²) in [6, 6.07) is 1.74. The molecule has 0 amide bonds. The molecule has 19 heavy (non-hydrogen) atoms. The smallest absolute Gasteiger partial charge is 0.250 e. The normalized spacial score (nSPS) is 19.9. The van der Waals surface area contributed by atoms with E-state index in [9.17, 15) is 8.42 Å². The van der Waals surface area contributed by atoms with Crippen molar-refractivity contribution in [2.24, 2.45) is 5.92 Å². The fourth-order valence-electron chi connectivity index (χ4n) is 1.90. The first-order valence-electron chi connectivity index (χ1n) is 6.47. The van der Waals surface area contributed by atoms with Crippen LogP contribution in [-0.4, -0.2) is 34.7 Å². The van der Waals surface area contributed by atoms with Crippen LogP contribution >= 0.6 is 11.3 Å². The van der Waals surface area contributed by atoms with Crippen LogP contribution < -0.4 is 10.0 Å². The van der Waals surface area contributed by atoms with Gasteiger partial charge in [0.2, 0.25) is 10.0 Å². The maximum absolute atomic E-state index is 12.1. The van der Waals surface area contributed by atoms with Gasteiger partial charge in [0.25, 0.3) is 0 Å². The Morgan fingerprint density at radius 1 is 1.53 bits per heavy atom. The summed E-state index contributed by atoms with van der Waals surface area (Å²) < 4.78 is 32.5. The molecular formula is C12H20N2O3S2. The van der Waals surface area contributed by atoms with Gasteiger partial charge in [0.1, 0.15) is 4.21 Å². The van der Waals surface area contributed by atoms with Crippen molar-refractivity contribution in [1.29, 1.82) is 0 Å². The lowest BCUT2D eigenvalue weighted by Crippen LogP contribution is -2.29. The van der Waals surface area contributed by atoms with Crippen LogP contribution in [0.1, 0.15) is 18.9 Å². The van der Waals surface area contributed by atoms with E-state index in [1.54, 1.807) is 6.07 Å². The Labute approximate surface area is 118 Å². The molecule has 1 fully saturated rings. The Morgan fingerprint density at radius 2 is 2.37 bits per heavy atom. The van der Waals surface area contributed by atoms with Crippen LogP contribution in [0.3, 0.4) is 0 Å². The molecule has 0 spiro atoms. The molecule has 1 aliphatic heterocycles. The highest BCUT2D eigenvalue weighted by molar-refractivity contribution is 7.91.